The zero-order valence-electron chi connectivity index (χ0n) is 16.2. The van der Waals surface area contributed by atoms with Gasteiger partial charge in [-0.15, -0.1) is 0 Å². The summed E-state index contributed by atoms with van der Waals surface area (Å²) in [4.78, 5) is 29.1. The second-order valence-electron chi connectivity index (χ2n) is 7.41. The van der Waals surface area contributed by atoms with Gasteiger partial charge < -0.3 is 9.80 Å². The zero-order valence-corrected chi connectivity index (χ0v) is 16.2. The first kappa shape index (κ1) is 19.3. The van der Waals surface area contributed by atoms with Crippen LogP contribution >= 0.6 is 0 Å². The smallest absolute Gasteiger partial charge is 0.223 e. The van der Waals surface area contributed by atoms with Gasteiger partial charge in [-0.25, -0.2) is 0 Å². The van der Waals surface area contributed by atoms with Crippen molar-refractivity contribution in [2.75, 3.05) is 27.2 Å². The van der Waals surface area contributed by atoms with Crippen molar-refractivity contribution in [1.29, 1.82) is 0 Å². The summed E-state index contributed by atoms with van der Waals surface area (Å²) in [6.45, 7) is 2.05. The highest BCUT2D eigenvalue weighted by atomic mass is 16.2. The van der Waals surface area contributed by atoms with Gasteiger partial charge in [-0.1, -0.05) is 54.6 Å². The van der Waals surface area contributed by atoms with E-state index in [2.05, 4.69) is 11.9 Å². The summed E-state index contributed by atoms with van der Waals surface area (Å²) in [5.41, 5.74) is 2.89. The second kappa shape index (κ2) is 8.96. The second-order valence-corrected chi connectivity index (χ2v) is 7.41. The van der Waals surface area contributed by atoms with E-state index in [0.717, 1.165) is 37.1 Å². The van der Waals surface area contributed by atoms with Crippen molar-refractivity contribution < 1.29 is 9.59 Å². The Bertz CT molecular complexity index is 763. The number of hydrogen-bond acceptors (Lipinski definition) is 3. The fourth-order valence-electron chi connectivity index (χ4n) is 3.61. The van der Waals surface area contributed by atoms with Gasteiger partial charge >= 0.3 is 0 Å². The number of piperidine rings is 1. The number of amides is 1. The summed E-state index contributed by atoms with van der Waals surface area (Å²) >= 11 is 0. The lowest BCUT2D eigenvalue weighted by Gasteiger charge is -2.35. The van der Waals surface area contributed by atoms with Crippen LogP contribution in [0.25, 0.3) is 11.1 Å². The molecular weight excluding hydrogens is 336 g/mol. The van der Waals surface area contributed by atoms with Gasteiger partial charge in [0.05, 0.1) is 0 Å². The molecule has 1 aliphatic heterocycles. The Morgan fingerprint density at radius 1 is 0.926 bits per heavy atom. The average Bonchev–Trinajstić information content (AvgIpc) is 2.72. The summed E-state index contributed by atoms with van der Waals surface area (Å²) in [6.07, 6.45) is 2.56. The summed E-state index contributed by atoms with van der Waals surface area (Å²) < 4.78 is 0. The molecule has 1 saturated heterocycles. The normalized spacial score (nSPS) is 15.5. The number of Topliss-reactive ketones (excluding diaryl/α,β-unsaturated/α-hetero) is 1. The lowest BCUT2D eigenvalue weighted by molar-refractivity contribution is -0.132. The Kier molecular flexibility index (Phi) is 6.40. The van der Waals surface area contributed by atoms with Crippen LogP contribution in [0.2, 0.25) is 0 Å². The van der Waals surface area contributed by atoms with Crippen molar-refractivity contribution in [2.24, 2.45) is 0 Å². The predicted octanol–water partition coefficient (Wildman–Crippen LogP) is 3.87. The van der Waals surface area contributed by atoms with E-state index in [4.69, 9.17) is 0 Å². The number of ketones is 1. The lowest BCUT2D eigenvalue weighted by Crippen LogP contribution is -2.44. The Labute approximate surface area is 161 Å². The van der Waals surface area contributed by atoms with E-state index in [0.29, 0.717) is 11.6 Å². The summed E-state index contributed by atoms with van der Waals surface area (Å²) in [6, 6.07) is 18.0. The van der Waals surface area contributed by atoms with E-state index in [1.165, 1.54) is 0 Å². The van der Waals surface area contributed by atoms with Gasteiger partial charge in [-0.05, 0) is 44.1 Å². The molecule has 0 aromatic heterocycles. The van der Waals surface area contributed by atoms with Gasteiger partial charge in [0, 0.05) is 31.5 Å². The number of carbonyl (C=O) groups excluding carboxylic acids is 2. The minimum atomic E-state index is 0.0275. The molecule has 2 aromatic rings. The van der Waals surface area contributed by atoms with Gasteiger partial charge in [0.25, 0.3) is 0 Å². The van der Waals surface area contributed by atoms with Crippen LogP contribution in [-0.4, -0.2) is 54.7 Å². The summed E-state index contributed by atoms with van der Waals surface area (Å²) in [5, 5.41) is 0. The fraction of sp³-hybridized carbons (Fsp3) is 0.391. The predicted molar refractivity (Wildman–Crippen MR) is 109 cm³/mol. The third kappa shape index (κ3) is 5.04. The van der Waals surface area contributed by atoms with E-state index in [-0.39, 0.29) is 24.5 Å². The third-order valence-electron chi connectivity index (χ3n) is 5.51. The number of rotatable bonds is 6. The van der Waals surface area contributed by atoms with Crippen molar-refractivity contribution in [2.45, 2.75) is 31.7 Å². The van der Waals surface area contributed by atoms with Crippen LogP contribution in [0.1, 0.15) is 36.0 Å². The third-order valence-corrected chi connectivity index (χ3v) is 5.51. The number of likely N-dealkylation sites (tertiary alicyclic amines) is 1. The van der Waals surface area contributed by atoms with E-state index in [1.807, 2.05) is 66.5 Å². The molecule has 0 radical (unpaired) electrons. The highest BCUT2D eigenvalue weighted by molar-refractivity contribution is 5.98. The molecule has 1 heterocycles. The molecule has 0 bridgehead atoms. The van der Waals surface area contributed by atoms with E-state index in [1.54, 1.807) is 0 Å². The first-order chi connectivity index (χ1) is 13.0. The molecule has 4 nitrogen and oxygen atoms in total. The average molecular weight is 364 g/mol. The molecule has 4 heteroatoms. The number of nitrogens with zero attached hydrogens (tertiary/aromatic N) is 2. The van der Waals surface area contributed by atoms with E-state index < -0.39 is 0 Å². The van der Waals surface area contributed by atoms with Gasteiger partial charge in [0.1, 0.15) is 0 Å². The molecule has 0 saturated carbocycles. The standard InChI is InChI=1S/C23H28N2O2/c1-24-16-14-21(15-17-24)25(2)23(27)13-12-22(26)20-10-8-19(9-11-20)18-6-4-3-5-7-18/h3-11,21H,12-17H2,1-2H3. The van der Waals surface area contributed by atoms with Gasteiger partial charge in [-0.2, -0.15) is 0 Å². The Morgan fingerprint density at radius 2 is 1.52 bits per heavy atom. The molecule has 2 aromatic carbocycles. The lowest BCUT2D eigenvalue weighted by atomic mass is 10.00. The van der Waals surface area contributed by atoms with Crippen molar-refractivity contribution in [3.05, 3.63) is 60.2 Å². The molecule has 1 aliphatic rings. The van der Waals surface area contributed by atoms with Gasteiger partial charge in [0.2, 0.25) is 5.91 Å². The Hall–Kier alpha value is -2.46. The van der Waals surface area contributed by atoms with Crippen molar-refractivity contribution >= 4 is 11.7 Å². The molecule has 3 rings (SSSR count). The highest BCUT2D eigenvalue weighted by Gasteiger charge is 2.24. The highest BCUT2D eigenvalue weighted by Crippen LogP contribution is 2.20. The SMILES string of the molecule is CN1CCC(N(C)C(=O)CCC(=O)c2ccc(-c3ccccc3)cc2)CC1. The van der Waals surface area contributed by atoms with E-state index in [9.17, 15) is 9.59 Å². The first-order valence-corrected chi connectivity index (χ1v) is 9.67. The molecule has 27 heavy (non-hydrogen) atoms. The van der Waals surface area contributed by atoms with E-state index >= 15 is 0 Å². The molecule has 0 N–H and O–H groups in total. The minimum Gasteiger partial charge on any atom is -0.343 e. The monoisotopic (exact) mass is 364 g/mol. The van der Waals surface area contributed by atoms with Crippen LogP contribution in [0.3, 0.4) is 0 Å². The fourth-order valence-corrected chi connectivity index (χ4v) is 3.61. The number of hydrogen-bond donors (Lipinski definition) is 0. The van der Waals surface area contributed by atoms with Crippen LogP contribution in [0.5, 0.6) is 0 Å². The summed E-state index contributed by atoms with van der Waals surface area (Å²) in [5.74, 6) is 0.0959. The Morgan fingerprint density at radius 3 is 2.15 bits per heavy atom. The maximum absolute atomic E-state index is 12.5. The quantitative estimate of drug-likeness (QED) is 0.731. The number of carbonyl (C=O) groups is 2. The molecule has 1 fully saturated rings. The maximum atomic E-state index is 12.5. The van der Waals surface area contributed by atoms with Crippen LogP contribution in [-0.2, 0) is 4.79 Å². The topological polar surface area (TPSA) is 40.6 Å². The largest absolute Gasteiger partial charge is 0.343 e. The summed E-state index contributed by atoms with van der Waals surface area (Å²) in [7, 11) is 3.98. The molecule has 0 aliphatic carbocycles. The Balaban J connectivity index is 1.52. The maximum Gasteiger partial charge on any atom is 0.223 e. The minimum absolute atomic E-state index is 0.0275. The van der Waals surface area contributed by atoms with Crippen molar-refractivity contribution in [1.82, 2.24) is 9.80 Å². The van der Waals surface area contributed by atoms with Crippen molar-refractivity contribution in [3.8, 4) is 11.1 Å². The molecular formula is C23H28N2O2. The van der Waals surface area contributed by atoms with Crippen LogP contribution in [0, 0.1) is 0 Å². The van der Waals surface area contributed by atoms with Crippen molar-refractivity contribution in [3.63, 3.8) is 0 Å². The molecule has 142 valence electrons. The van der Waals surface area contributed by atoms with Crippen LogP contribution in [0.15, 0.2) is 54.6 Å². The molecule has 1 amide bonds. The zero-order chi connectivity index (χ0) is 19.2. The molecule has 0 unspecified atom stereocenters. The first-order valence-electron chi connectivity index (χ1n) is 9.67. The van der Waals surface area contributed by atoms with Gasteiger partial charge in [0.15, 0.2) is 5.78 Å². The molecule has 0 spiro atoms. The number of benzene rings is 2. The van der Waals surface area contributed by atoms with Crippen LogP contribution in [0.4, 0.5) is 0 Å². The molecule has 0 atom stereocenters. The van der Waals surface area contributed by atoms with Gasteiger partial charge in [-0.3, -0.25) is 9.59 Å². The van der Waals surface area contributed by atoms with Crippen LogP contribution < -0.4 is 0 Å².